The highest BCUT2D eigenvalue weighted by atomic mass is 35.5. The quantitative estimate of drug-likeness (QED) is 0.0301. The van der Waals surface area contributed by atoms with Gasteiger partial charge in [0, 0.05) is 125 Å². The van der Waals surface area contributed by atoms with Crippen LogP contribution in [0.1, 0.15) is 223 Å². The number of piperidine rings is 2. The van der Waals surface area contributed by atoms with Gasteiger partial charge in [0.1, 0.15) is 22.7 Å². The van der Waals surface area contributed by atoms with Gasteiger partial charge in [-0.2, -0.15) is 0 Å². The van der Waals surface area contributed by atoms with Crippen molar-refractivity contribution in [3.8, 4) is 0 Å². The second-order valence-corrected chi connectivity index (χ2v) is 38.4. The summed E-state index contributed by atoms with van der Waals surface area (Å²) >= 11 is 25.9. The van der Waals surface area contributed by atoms with Crippen LogP contribution in [0.15, 0.2) is 97.6 Å². The minimum Gasteiger partial charge on any atom is -0.388 e. The van der Waals surface area contributed by atoms with Gasteiger partial charge in [-0.05, 0) is 294 Å². The molecule has 4 amide bonds. The van der Waals surface area contributed by atoms with Crippen LogP contribution in [0, 0.1) is 23.7 Å². The molecule has 0 spiro atoms. The number of fused-ring (bicyclic) bond motifs is 4. The summed E-state index contributed by atoms with van der Waals surface area (Å²) < 4.78 is 65.4. The molecule has 3 unspecified atom stereocenters. The van der Waals surface area contributed by atoms with E-state index in [0.717, 1.165) is 174 Å². The van der Waals surface area contributed by atoms with Crippen molar-refractivity contribution in [2.45, 2.75) is 242 Å². The van der Waals surface area contributed by atoms with E-state index in [1.165, 1.54) is 52.4 Å². The number of hydrogen-bond acceptors (Lipinski definition) is 10. The van der Waals surface area contributed by atoms with E-state index in [1.807, 2.05) is 85.5 Å². The number of carbonyl (C=O) groups excluding carboxylic acids is 4. The number of nitrogens with zero attached hydrogens (tertiary/aromatic N) is 6. The van der Waals surface area contributed by atoms with E-state index in [4.69, 9.17) is 46.4 Å². The number of benzene rings is 4. The number of rotatable bonds is 22. The van der Waals surface area contributed by atoms with Gasteiger partial charge in [0.05, 0.1) is 75.6 Å². The molecule has 8 N–H and O–H groups in total. The third-order valence-electron chi connectivity index (χ3n) is 26.5. The summed E-state index contributed by atoms with van der Waals surface area (Å²) in [5.74, 6) is 1.13. The molecule has 4 aromatic carbocycles. The van der Waals surface area contributed by atoms with E-state index in [-0.39, 0.29) is 49.6 Å². The molecule has 4 saturated heterocycles. The zero-order valence-corrected chi connectivity index (χ0v) is 72.5. The Morgan fingerprint density at radius 1 is 0.390 bits per heavy atom. The van der Waals surface area contributed by atoms with Crippen molar-refractivity contribution >= 4 is 114 Å². The maximum absolute atomic E-state index is 14.4. The van der Waals surface area contributed by atoms with Gasteiger partial charge in [-0.15, -0.1) is 0 Å². The van der Waals surface area contributed by atoms with Crippen molar-refractivity contribution in [2.75, 3.05) is 91.6 Å². The maximum Gasteiger partial charge on any atom is 0.253 e. The van der Waals surface area contributed by atoms with Crippen molar-refractivity contribution in [3.63, 3.8) is 0 Å². The third-order valence-corrected chi connectivity index (χ3v) is 27.8. The SMILES string of the molecule is CC1(F)CCC(CNC(=O)c2cn(CC3CCCNC3)c3cccc(Cl)c23)CC1.CC1(F)CCC(CNC(=O)c2cn(CC3CCNCC3)c3cccc(Cl)c23)CC1.CC1(F)CCC[C@@](O)(CNC(=O)c2cn(CCN3CCCC3)c3cccc(Cl)c23)C1.CC1(F)CCC[C@](O)(CNC(=O)c2cn(CCN3CCCC3)c3cccc(Cl)c23)C1. The Hall–Kier alpha value is -6.44. The summed E-state index contributed by atoms with van der Waals surface area (Å²) in [6.45, 7) is 21.6. The molecule has 8 aliphatic rings. The van der Waals surface area contributed by atoms with Crippen LogP contribution in [-0.2, 0) is 26.2 Å². The van der Waals surface area contributed by atoms with Crippen LogP contribution in [0.3, 0.4) is 0 Å². The predicted octanol–water partition coefficient (Wildman–Crippen LogP) is 18.2. The van der Waals surface area contributed by atoms with E-state index in [9.17, 15) is 47.0 Å². The van der Waals surface area contributed by atoms with Crippen LogP contribution >= 0.6 is 46.4 Å². The number of amides is 4. The number of carbonyl (C=O) groups is 4. The van der Waals surface area contributed by atoms with E-state index in [0.29, 0.717) is 143 Å². The summed E-state index contributed by atoms with van der Waals surface area (Å²) in [6.07, 6.45) is 26.1. The van der Waals surface area contributed by atoms with E-state index in [1.54, 1.807) is 26.0 Å². The highest BCUT2D eigenvalue weighted by Crippen LogP contribution is 2.42. The first-order valence-corrected chi connectivity index (χ1v) is 45.2. The molecule has 4 aliphatic carbocycles. The second kappa shape index (κ2) is 39.4. The number of likely N-dealkylation sites (tertiary alicyclic amines) is 2. The molecule has 8 fully saturated rings. The number of nitrogens with one attached hydrogen (secondary N) is 6. The first-order chi connectivity index (χ1) is 56.4. The molecule has 18 nitrogen and oxygen atoms in total. The van der Waals surface area contributed by atoms with Crippen molar-refractivity contribution in [1.29, 1.82) is 0 Å². The lowest BCUT2D eigenvalue weighted by molar-refractivity contribution is -0.0539. The summed E-state index contributed by atoms with van der Waals surface area (Å²) in [4.78, 5) is 57.0. The fourth-order valence-electron chi connectivity index (χ4n) is 19.7. The Labute approximate surface area is 713 Å². The molecule has 0 radical (unpaired) electrons. The highest BCUT2D eigenvalue weighted by Gasteiger charge is 2.44. The summed E-state index contributed by atoms with van der Waals surface area (Å²) in [5.41, 5.74) is -1.13. The van der Waals surface area contributed by atoms with Crippen LogP contribution < -0.4 is 31.9 Å². The standard InChI is InChI=1S/2C23H31ClFN3O2.2C23H31ClFN3O/c2*1-22(25)8-5-9-23(30,15-22)16-26-21(29)17-14-28(13-12-27-10-2-3-11-27)19-7-4-6-18(24)20(17)19;1-23(25)9-7-16(8-10-23)13-27-22(29)18-15-28(14-17-4-3-11-26-12-17)20-6-2-5-19(24)21(18)20;1-23(25)9-5-16(6-10-23)13-27-22(29)18-15-28(14-17-7-11-26-12-8-17)20-4-2-3-19(24)21(18)20/h2*4,6-7,14,30H,2-3,5,8-13,15-16H2,1H3,(H,26,29);2,5-6,15-17,26H,3-4,7-14H2,1H3,(H,27,29);2-4,15-17,26H,5-14H2,1H3,(H,27,29)/t2*22?,23-;;/m10../s1. The molecule has 5 atom stereocenters. The van der Waals surface area contributed by atoms with Gasteiger partial charge in [0.15, 0.2) is 0 Å². The Bertz CT molecular complexity index is 4450. The van der Waals surface area contributed by atoms with Gasteiger partial charge in [-0.3, -0.25) is 19.2 Å². The van der Waals surface area contributed by atoms with Gasteiger partial charge in [-0.1, -0.05) is 70.7 Å². The molecular formula is C92H124Cl4F4N12O6. The zero-order chi connectivity index (χ0) is 83.6. The fraction of sp³-hybridized carbons (Fsp3) is 0.609. The molecule has 4 saturated carbocycles. The van der Waals surface area contributed by atoms with Crippen LogP contribution in [0.4, 0.5) is 17.6 Å². The molecule has 118 heavy (non-hydrogen) atoms. The van der Waals surface area contributed by atoms with Gasteiger partial charge in [-0.25, -0.2) is 17.6 Å². The maximum atomic E-state index is 14.4. The Kier molecular flexibility index (Phi) is 29.8. The molecule has 8 heterocycles. The average molecular weight is 1710 g/mol. The van der Waals surface area contributed by atoms with Gasteiger partial charge in [0.25, 0.3) is 23.6 Å². The van der Waals surface area contributed by atoms with Crippen LogP contribution in [0.5, 0.6) is 0 Å². The summed E-state index contributed by atoms with van der Waals surface area (Å²) in [5, 5.41) is 45.7. The van der Waals surface area contributed by atoms with Gasteiger partial charge in [0.2, 0.25) is 0 Å². The van der Waals surface area contributed by atoms with Crippen molar-refractivity contribution in [2.24, 2.45) is 23.7 Å². The lowest BCUT2D eigenvalue weighted by Gasteiger charge is -2.39. The molecule has 644 valence electrons. The largest absolute Gasteiger partial charge is 0.388 e. The lowest BCUT2D eigenvalue weighted by atomic mass is 9.77. The Balaban J connectivity index is 0.000000136. The molecule has 4 aliphatic heterocycles. The molecule has 26 heteroatoms. The predicted molar refractivity (Wildman–Crippen MR) is 468 cm³/mol. The van der Waals surface area contributed by atoms with Gasteiger partial charge >= 0.3 is 0 Å². The number of aromatic nitrogens is 4. The number of hydrogen-bond donors (Lipinski definition) is 8. The molecule has 4 aromatic heterocycles. The fourth-order valence-corrected chi connectivity index (χ4v) is 20.8. The third kappa shape index (κ3) is 23.3. The number of alkyl halides is 4. The summed E-state index contributed by atoms with van der Waals surface area (Å²) in [6, 6.07) is 23.0. The Morgan fingerprint density at radius 3 is 1.09 bits per heavy atom. The minimum absolute atomic E-state index is 0.0379. The van der Waals surface area contributed by atoms with Gasteiger partial charge < -0.3 is 70.2 Å². The lowest BCUT2D eigenvalue weighted by Crippen LogP contribution is -2.49. The molecular weight excluding hydrogens is 1590 g/mol. The number of halogens is 8. The van der Waals surface area contributed by atoms with Crippen molar-refractivity contribution in [1.82, 2.24) is 60.0 Å². The van der Waals surface area contributed by atoms with E-state index < -0.39 is 33.9 Å². The topological polar surface area (TPSA) is 207 Å². The van der Waals surface area contributed by atoms with Crippen LogP contribution in [0.2, 0.25) is 20.1 Å². The van der Waals surface area contributed by atoms with E-state index in [2.05, 4.69) is 60.0 Å². The molecule has 0 bridgehead atoms. The monoisotopic (exact) mass is 1710 g/mol. The first-order valence-electron chi connectivity index (χ1n) is 43.7. The average Bonchev–Trinajstić information content (AvgIpc) is 1.62. The smallest absolute Gasteiger partial charge is 0.253 e. The summed E-state index contributed by atoms with van der Waals surface area (Å²) in [7, 11) is 0. The van der Waals surface area contributed by atoms with Crippen molar-refractivity contribution in [3.05, 3.63) is 140 Å². The second-order valence-electron chi connectivity index (χ2n) is 36.7. The highest BCUT2D eigenvalue weighted by molar-refractivity contribution is 6.38. The van der Waals surface area contributed by atoms with Crippen LogP contribution in [-0.4, -0.2) is 187 Å². The molecule has 8 aromatic rings. The number of aliphatic hydroxyl groups is 2. The normalized spacial score (nSPS) is 27.3. The van der Waals surface area contributed by atoms with Crippen LogP contribution in [0.25, 0.3) is 43.6 Å². The first kappa shape index (κ1) is 89.3. The minimum atomic E-state index is -1.40. The Morgan fingerprint density at radius 2 is 0.737 bits per heavy atom. The molecule has 16 rings (SSSR count). The van der Waals surface area contributed by atoms with E-state index >= 15 is 0 Å². The van der Waals surface area contributed by atoms with Crippen molar-refractivity contribution < 1.29 is 47.0 Å². The zero-order valence-electron chi connectivity index (χ0n) is 69.5.